The van der Waals surface area contributed by atoms with Gasteiger partial charge in [0.25, 0.3) is 0 Å². The van der Waals surface area contributed by atoms with Crippen LogP contribution in [0.4, 0.5) is 10.1 Å². The molecule has 1 spiro atoms. The van der Waals surface area contributed by atoms with Crippen LogP contribution in [0.5, 0.6) is 0 Å². The maximum absolute atomic E-state index is 13.4. The molecule has 0 bridgehead atoms. The fourth-order valence-electron chi connectivity index (χ4n) is 4.30. The van der Waals surface area contributed by atoms with Gasteiger partial charge in [0.1, 0.15) is 11.2 Å². The number of amides is 2. The third-order valence-corrected chi connectivity index (χ3v) is 5.42. The lowest BCUT2D eigenvalue weighted by Crippen LogP contribution is -2.42. The number of likely N-dealkylation sites (tertiary alicyclic amines) is 1. The number of rotatable bonds is 3. The molecule has 2 atom stereocenters. The molecule has 2 aromatic carbocycles. The van der Waals surface area contributed by atoms with Crippen molar-refractivity contribution in [1.82, 2.24) is 4.90 Å². The van der Waals surface area contributed by atoms with E-state index in [9.17, 15) is 19.1 Å². The van der Waals surface area contributed by atoms with Gasteiger partial charge in [0.15, 0.2) is 0 Å². The summed E-state index contributed by atoms with van der Waals surface area (Å²) in [7, 11) is 0. The predicted octanol–water partition coefficient (Wildman–Crippen LogP) is 2.37. The summed E-state index contributed by atoms with van der Waals surface area (Å²) >= 11 is 0. The minimum absolute atomic E-state index is 0.00294. The molecule has 6 heteroatoms. The average molecular weight is 354 g/mol. The van der Waals surface area contributed by atoms with E-state index in [0.717, 1.165) is 11.3 Å². The molecule has 2 amide bonds. The summed E-state index contributed by atoms with van der Waals surface area (Å²) < 4.78 is 13.4. The third kappa shape index (κ3) is 2.33. The topological polar surface area (TPSA) is 69.6 Å². The standard InChI is InChI=1S/C20H19FN2O3/c21-14-7-5-13(6-8-14)18-20(10-11-23(18)17(25)9-12-24)15-3-1-2-4-16(15)22-19(20)26/h1-8,18,24H,9-12H2,(H,22,26)/t18-,20+/m0/s1. The Bertz CT molecular complexity index is 868. The molecule has 2 heterocycles. The van der Waals surface area contributed by atoms with E-state index in [2.05, 4.69) is 5.32 Å². The number of anilines is 1. The van der Waals surface area contributed by atoms with E-state index >= 15 is 0 Å². The highest BCUT2D eigenvalue weighted by molar-refractivity contribution is 6.07. The van der Waals surface area contributed by atoms with Gasteiger partial charge in [-0.15, -0.1) is 0 Å². The van der Waals surface area contributed by atoms with Crippen molar-refractivity contribution in [3.8, 4) is 0 Å². The number of nitrogens with zero attached hydrogens (tertiary/aromatic N) is 1. The van der Waals surface area contributed by atoms with Crippen LogP contribution in [0.1, 0.15) is 30.0 Å². The lowest BCUT2D eigenvalue weighted by molar-refractivity contribution is -0.134. The van der Waals surface area contributed by atoms with Crippen LogP contribution in [0.15, 0.2) is 48.5 Å². The molecule has 0 aliphatic carbocycles. The lowest BCUT2D eigenvalue weighted by Gasteiger charge is -2.34. The number of aliphatic hydroxyl groups excluding tert-OH is 1. The SMILES string of the molecule is O=C(CCO)N1CC[C@]2(C(=O)Nc3ccccc32)[C@@H]1c1ccc(F)cc1. The molecular weight excluding hydrogens is 335 g/mol. The van der Waals surface area contributed by atoms with E-state index in [1.165, 1.54) is 12.1 Å². The van der Waals surface area contributed by atoms with Gasteiger partial charge >= 0.3 is 0 Å². The van der Waals surface area contributed by atoms with Gasteiger partial charge in [-0.1, -0.05) is 30.3 Å². The zero-order valence-corrected chi connectivity index (χ0v) is 14.1. The summed E-state index contributed by atoms with van der Waals surface area (Å²) in [5, 5.41) is 12.1. The smallest absolute Gasteiger partial charge is 0.237 e. The number of hydrogen-bond donors (Lipinski definition) is 2. The van der Waals surface area contributed by atoms with Gasteiger partial charge in [-0.2, -0.15) is 0 Å². The van der Waals surface area contributed by atoms with Crippen LogP contribution in [0, 0.1) is 5.82 Å². The fraction of sp³-hybridized carbons (Fsp3) is 0.300. The summed E-state index contributed by atoms with van der Waals surface area (Å²) in [6.45, 7) is 0.157. The second-order valence-electron chi connectivity index (χ2n) is 6.74. The van der Waals surface area contributed by atoms with E-state index in [1.54, 1.807) is 17.0 Å². The number of benzene rings is 2. The van der Waals surface area contributed by atoms with E-state index < -0.39 is 11.5 Å². The van der Waals surface area contributed by atoms with Crippen molar-refractivity contribution in [1.29, 1.82) is 0 Å². The Labute approximate surface area is 150 Å². The number of carbonyl (C=O) groups excluding carboxylic acids is 2. The largest absolute Gasteiger partial charge is 0.396 e. The van der Waals surface area contributed by atoms with Gasteiger partial charge in [-0.3, -0.25) is 9.59 Å². The number of carbonyl (C=O) groups is 2. The molecular formula is C20H19FN2O3. The van der Waals surface area contributed by atoms with Crippen LogP contribution in [0.3, 0.4) is 0 Å². The molecule has 0 saturated carbocycles. The molecule has 1 fully saturated rings. The highest BCUT2D eigenvalue weighted by atomic mass is 19.1. The quantitative estimate of drug-likeness (QED) is 0.889. The minimum Gasteiger partial charge on any atom is -0.396 e. The van der Waals surface area contributed by atoms with Crippen LogP contribution in [0.2, 0.25) is 0 Å². The van der Waals surface area contributed by atoms with E-state index in [-0.39, 0.29) is 30.7 Å². The second-order valence-corrected chi connectivity index (χ2v) is 6.74. The first-order valence-corrected chi connectivity index (χ1v) is 8.64. The number of aliphatic hydroxyl groups is 1. The molecule has 2 aliphatic rings. The van der Waals surface area contributed by atoms with Gasteiger partial charge in [-0.25, -0.2) is 4.39 Å². The van der Waals surface area contributed by atoms with Crippen molar-refractivity contribution in [3.05, 3.63) is 65.5 Å². The molecule has 0 radical (unpaired) electrons. The molecule has 4 rings (SSSR count). The van der Waals surface area contributed by atoms with Crippen molar-refractivity contribution in [2.75, 3.05) is 18.5 Å². The van der Waals surface area contributed by atoms with Crippen LogP contribution in [-0.2, 0) is 15.0 Å². The van der Waals surface area contributed by atoms with Gasteiger partial charge in [0.2, 0.25) is 11.8 Å². The number of para-hydroxylation sites is 1. The number of nitrogens with one attached hydrogen (secondary N) is 1. The highest BCUT2D eigenvalue weighted by Gasteiger charge is 2.59. The van der Waals surface area contributed by atoms with E-state index in [0.29, 0.717) is 18.5 Å². The van der Waals surface area contributed by atoms with E-state index in [4.69, 9.17) is 0 Å². The molecule has 0 unspecified atom stereocenters. The fourth-order valence-corrected chi connectivity index (χ4v) is 4.30. The summed E-state index contributed by atoms with van der Waals surface area (Å²) in [4.78, 5) is 27.3. The zero-order chi connectivity index (χ0) is 18.3. The Kier molecular flexibility index (Phi) is 4.00. The number of halogens is 1. The van der Waals surface area contributed by atoms with Crippen molar-refractivity contribution in [2.45, 2.75) is 24.3 Å². The van der Waals surface area contributed by atoms with Crippen LogP contribution in [-0.4, -0.2) is 35.0 Å². The summed E-state index contributed by atoms with van der Waals surface area (Å²) in [6.07, 6.45) is 0.478. The average Bonchev–Trinajstić information content (AvgIpc) is 3.16. The zero-order valence-electron chi connectivity index (χ0n) is 14.1. The molecule has 2 N–H and O–H groups in total. The molecule has 2 aliphatic heterocycles. The molecule has 134 valence electrons. The third-order valence-electron chi connectivity index (χ3n) is 5.42. The van der Waals surface area contributed by atoms with Crippen LogP contribution in [0.25, 0.3) is 0 Å². The van der Waals surface area contributed by atoms with Gasteiger partial charge in [0, 0.05) is 18.7 Å². The van der Waals surface area contributed by atoms with Gasteiger partial charge in [0.05, 0.1) is 12.6 Å². The first-order valence-electron chi connectivity index (χ1n) is 8.64. The van der Waals surface area contributed by atoms with Gasteiger partial charge in [-0.05, 0) is 35.7 Å². The highest BCUT2D eigenvalue weighted by Crippen LogP contribution is 2.54. The van der Waals surface area contributed by atoms with Crippen LogP contribution >= 0.6 is 0 Å². The monoisotopic (exact) mass is 354 g/mol. The number of hydrogen-bond acceptors (Lipinski definition) is 3. The Morgan fingerprint density at radius 3 is 2.69 bits per heavy atom. The van der Waals surface area contributed by atoms with Gasteiger partial charge < -0.3 is 15.3 Å². The molecule has 1 saturated heterocycles. The number of fused-ring (bicyclic) bond motifs is 2. The van der Waals surface area contributed by atoms with Crippen molar-refractivity contribution in [2.24, 2.45) is 0 Å². The minimum atomic E-state index is -0.903. The Hall–Kier alpha value is -2.73. The van der Waals surface area contributed by atoms with Crippen LogP contribution < -0.4 is 5.32 Å². The van der Waals surface area contributed by atoms with E-state index in [1.807, 2.05) is 24.3 Å². The Morgan fingerprint density at radius 2 is 1.96 bits per heavy atom. The van der Waals surface area contributed by atoms with Crippen molar-refractivity contribution in [3.63, 3.8) is 0 Å². The lowest BCUT2D eigenvalue weighted by atomic mass is 9.72. The maximum atomic E-state index is 13.4. The normalized spacial score (nSPS) is 24.0. The summed E-state index contributed by atoms with van der Waals surface area (Å²) in [5.74, 6) is -0.728. The molecule has 0 aromatic heterocycles. The summed E-state index contributed by atoms with van der Waals surface area (Å²) in [6, 6.07) is 12.9. The second kappa shape index (κ2) is 6.21. The molecule has 2 aromatic rings. The Morgan fingerprint density at radius 1 is 1.23 bits per heavy atom. The first kappa shape index (κ1) is 16.7. The first-order chi connectivity index (χ1) is 12.6. The predicted molar refractivity (Wildman–Crippen MR) is 93.9 cm³/mol. The summed E-state index contributed by atoms with van der Waals surface area (Å²) in [5.41, 5.74) is 1.42. The maximum Gasteiger partial charge on any atom is 0.237 e. The molecule has 26 heavy (non-hydrogen) atoms. The molecule has 5 nitrogen and oxygen atoms in total. The van der Waals surface area contributed by atoms with Crippen molar-refractivity contribution >= 4 is 17.5 Å². The Balaban J connectivity index is 1.87. The van der Waals surface area contributed by atoms with Crippen molar-refractivity contribution < 1.29 is 19.1 Å².